The van der Waals surface area contributed by atoms with E-state index >= 15 is 0 Å². The van der Waals surface area contributed by atoms with E-state index in [9.17, 15) is 5.11 Å². The zero-order valence-electron chi connectivity index (χ0n) is 16.6. The quantitative estimate of drug-likeness (QED) is 0.537. The van der Waals surface area contributed by atoms with Gasteiger partial charge < -0.3 is 19.9 Å². The number of aromatic nitrogens is 2. The maximum absolute atomic E-state index is 9.66. The fourth-order valence-electron chi connectivity index (χ4n) is 4.22. The zero-order valence-corrected chi connectivity index (χ0v) is 19.0. The molecule has 0 aliphatic carbocycles. The summed E-state index contributed by atoms with van der Waals surface area (Å²) in [5, 5.41) is 14.7. The Labute approximate surface area is 191 Å². The first-order valence-electron chi connectivity index (χ1n) is 9.66. The van der Waals surface area contributed by atoms with Crippen molar-refractivity contribution >= 4 is 40.5 Å². The first kappa shape index (κ1) is 21.1. The summed E-state index contributed by atoms with van der Waals surface area (Å²) in [4.78, 5) is 6.58. The van der Waals surface area contributed by atoms with Gasteiger partial charge in [-0.1, -0.05) is 35.3 Å². The summed E-state index contributed by atoms with van der Waals surface area (Å²) in [5.41, 5.74) is 4.91. The van der Waals surface area contributed by atoms with Crippen LogP contribution in [-0.4, -0.2) is 37.8 Å². The van der Waals surface area contributed by atoms with E-state index in [0.29, 0.717) is 21.7 Å². The Hall–Kier alpha value is -2.12. The summed E-state index contributed by atoms with van der Waals surface area (Å²) in [6.07, 6.45) is 1.78. The van der Waals surface area contributed by atoms with Crippen LogP contribution in [0.5, 0.6) is 0 Å². The van der Waals surface area contributed by atoms with E-state index in [1.165, 1.54) is 0 Å². The van der Waals surface area contributed by atoms with Crippen molar-refractivity contribution < 1.29 is 5.11 Å². The first-order chi connectivity index (χ1) is 14.4. The van der Waals surface area contributed by atoms with Crippen molar-refractivity contribution in [3.8, 4) is 5.69 Å². The van der Waals surface area contributed by atoms with Crippen molar-refractivity contribution in [3.05, 3.63) is 81.4 Å². The molecule has 3 heterocycles. The fourth-order valence-corrected chi connectivity index (χ4v) is 4.93. The van der Waals surface area contributed by atoms with Gasteiger partial charge in [-0.2, -0.15) is 0 Å². The Morgan fingerprint density at radius 3 is 2.67 bits per heavy atom. The zero-order chi connectivity index (χ0) is 21.4. The average Bonchev–Trinajstić information content (AvgIpc) is 3.21. The van der Waals surface area contributed by atoms with Crippen LogP contribution in [0.25, 0.3) is 5.69 Å². The molecule has 5 nitrogen and oxygen atoms in total. The van der Waals surface area contributed by atoms with Gasteiger partial charge in [0.1, 0.15) is 0 Å². The predicted octanol–water partition coefficient (Wildman–Crippen LogP) is 4.76. The van der Waals surface area contributed by atoms with Crippen LogP contribution in [0.15, 0.2) is 48.7 Å². The summed E-state index contributed by atoms with van der Waals surface area (Å²) in [7, 11) is 0. The lowest BCUT2D eigenvalue weighted by molar-refractivity contribution is 0.223. The van der Waals surface area contributed by atoms with Gasteiger partial charge in [0, 0.05) is 24.1 Å². The van der Waals surface area contributed by atoms with Crippen molar-refractivity contribution in [2.45, 2.75) is 25.9 Å². The molecule has 0 radical (unpaired) electrons. The molecule has 30 heavy (non-hydrogen) atoms. The van der Waals surface area contributed by atoms with Crippen LogP contribution < -0.4 is 5.32 Å². The number of benzene rings is 1. The number of halogens is 2. The molecule has 2 atom stereocenters. The van der Waals surface area contributed by atoms with Crippen molar-refractivity contribution in [3.63, 3.8) is 0 Å². The molecular formula is C22H22Cl2N4OS. The highest BCUT2D eigenvalue weighted by atomic mass is 35.5. The van der Waals surface area contributed by atoms with Gasteiger partial charge in [-0.05, 0) is 62.0 Å². The molecule has 1 aliphatic rings. The standard InChI is InChI=1S/C22H22Cl2N4OS/c1-13-12-15(14(2)28(13)18-8-5-6-16(23)19(18)24)21-20(17-7-3-4-9-25-17)26-22(30)27(21)10-11-29/h3-9,12,20-21,29H,10-11H2,1-2H3,(H,26,30)/t20-,21-/m0/s1. The lowest BCUT2D eigenvalue weighted by Gasteiger charge is -2.27. The van der Waals surface area contributed by atoms with Crippen LogP contribution in [-0.2, 0) is 0 Å². The van der Waals surface area contributed by atoms with Crippen LogP contribution in [0, 0.1) is 13.8 Å². The van der Waals surface area contributed by atoms with E-state index in [-0.39, 0.29) is 18.7 Å². The number of aliphatic hydroxyl groups is 1. The molecule has 8 heteroatoms. The third-order valence-corrected chi connectivity index (χ3v) is 6.66. The summed E-state index contributed by atoms with van der Waals surface area (Å²) in [5.74, 6) is 0. The highest BCUT2D eigenvalue weighted by molar-refractivity contribution is 7.80. The summed E-state index contributed by atoms with van der Waals surface area (Å²) in [6, 6.07) is 13.4. The van der Waals surface area contributed by atoms with E-state index in [1.807, 2.05) is 42.2 Å². The molecule has 0 amide bonds. The number of nitrogens with one attached hydrogen (secondary N) is 1. The Bertz CT molecular complexity index is 1090. The maximum Gasteiger partial charge on any atom is 0.170 e. The number of aryl methyl sites for hydroxylation is 1. The molecule has 2 N–H and O–H groups in total. The third-order valence-electron chi connectivity index (χ3n) is 5.50. The first-order valence-corrected chi connectivity index (χ1v) is 10.8. The number of thiocarbonyl (C=S) groups is 1. The van der Waals surface area contributed by atoms with E-state index in [4.69, 9.17) is 35.4 Å². The van der Waals surface area contributed by atoms with Gasteiger partial charge in [-0.15, -0.1) is 0 Å². The molecule has 156 valence electrons. The number of rotatable bonds is 5. The normalized spacial score (nSPS) is 18.7. The highest BCUT2D eigenvalue weighted by Gasteiger charge is 2.41. The van der Waals surface area contributed by atoms with Gasteiger partial charge in [-0.3, -0.25) is 4.98 Å². The molecule has 3 aromatic rings. The summed E-state index contributed by atoms with van der Waals surface area (Å²) < 4.78 is 2.11. The summed E-state index contributed by atoms with van der Waals surface area (Å²) >= 11 is 18.4. The minimum atomic E-state index is -0.131. The largest absolute Gasteiger partial charge is 0.395 e. The number of β-amino-alcohol motifs (C(OH)–C–C–N with tert-alkyl or cyclic N) is 1. The predicted molar refractivity (Wildman–Crippen MR) is 125 cm³/mol. The number of pyridine rings is 1. The van der Waals surface area contributed by atoms with E-state index in [0.717, 1.165) is 28.3 Å². The molecular weight excluding hydrogens is 439 g/mol. The van der Waals surface area contributed by atoms with Crippen LogP contribution in [0.2, 0.25) is 10.0 Å². The van der Waals surface area contributed by atoms with Gasteiger partial charge in [-0.25, -0.2) is 0 Å². The van der Waals surface area contributed by atoms with Crippen molar-refractivity contribution in [2.75, 3.05) is 13.2 Å². The molecule has 2 aromatic heterocycles. The minimum Gasteiger partial charge on any atom is -0.395 e. The van der Waals surface area contributed by atoms with Gasteiger partial charge in [0.15, 0.2) is 5.11 Å². The molecule has 0 spiro atoms. The molecule has 4 rings (SSSR count). The van der Waals surface area contributed by atoms with E-state index in [1.54, 1.807) is 12.3 Å². The number of nitrogens with zero attached hydrogens (tertiary/aromatic N) is 3. The monoisotopic (exact) mass is 460 g/mol. The average molecular weight is 461 g/mol. The van der Waals surface area contributed by atoms with E-state index in [2.05, 4.69) is 27.9 Å². The molecule has 0 saturated carbocycles. The van der Waals surface area contributed by atoms with Crippen LogP contribution in [0.4, 0.5) is 0 Å². The SMILES string of the molecule is Cc1cc([C@H]2[C@H](c3ccccn3)NC(=S)N2CCO)c(C)n1-c1cccc(Cl)c1Cl. The minimum absolute atomic E-state index is 0.00607. The topological polar surface area (TPSA) is 53.3 Å². The van der Waals surface area contributed by atoms with Gasteiger partial charge in [0.25, 0.3) is 0 Å². The van der Waals surface area contributed by atoms with Crippen molar-refractivity contribution in [1.82, 2.24) is 19.8 Å². The molecule has 1 fully saturated rings. The highest BCUT2D eigenvalue weighted by Crippen LogP contribution is 2.42. The van der Waals surface area contributed by atoms with Crippen LogP contribution in [0.3, 0.4) is 0 Å². The molecule has 0 bridgehead atoms. The third kappa shape index (κ3) is 3.58. The Morgan fingerprint density at radius 1 is 1.17 bits per heavy atom. The maximum atomic E-state index is 9.66. The smallest absolute Gasteiger partial charge is 0.170 e. The van der Waals surface area contributed by atoms with Gasteiger partial charge in [0.2, 0.25) is 0 Å². The Morgan fingerprint density at radius 2 is 1.97 bits per heavy atom. The summed E-state index contributed by atoms with van der Waals surface area (Å²) in [6.45, 7) is 4.54. The number of hydrogen-bond donors (Lipinski definition) is 2. The lowest BCUT2D eigenvalue weighted by atomic mass is 9.97. The fraction of sp³-hybridized carbons (Fsp3) is 0.273. The lowest BCUT2D eigenvalue weighted by Crippen LogP contribution is -2.32. The number of hydrogen-bond acceptors (Lipinski definition) is 3. The Balaban J connectivity index is 1.86. The van der Waals surface area contributed by atoms with Crippen molar-refractivity contribution in [1.29, 1.82) is 0 Å². The van der Waals surface area contributed by atoms with Crippen LogP contribution in [0.1, 0.15) is 34.7 Å². The second-order valence-electron chi connectivity index (χ2n) is 7.28. The number of aliphatic hydroxyl groups excluding tert-OH is 1. The van der Waals surface area contributed by atoms with Gasteiger partial charge in [0.05, 0.1) is 40.1 Å². The molecule has 1 aromatic carbocycles. The Kier molecular flexibility index (Phi) is 6.02. The molecule has 1 aliphatic heterocycles. The molecule has 1 saturated heterocycles. The second-order valence-corrected chi connectivity index (χ2v) is 8.45. The van der Waals surface area contributed by atoms with Gasteiger partial charge >= 0.3 is 0 Å². The molecule has 0 unspecified atom stereocenters. The van der Waals surface area contributed by atoms with Crippen LogP contribution >= 0.6 is 35.4 Å². The van der Waals surface area contributed by atoms with Crippen molar-refractivity contribution in [2.24, 2.45) is 0 Å². The van der Waals surface area contributed by atoms with E-state index < -0.39 is 0 Å². The second kappa shape index (κ2) is 8.55.